The first kappa shape index (κ1) is 17.3. The quantitative estimate of drug-likeness (QED) is 0.907. The SMILES string of the molecule is Cc1cnccc1N1CCN(C[C@]2(O)CCCN3CCCC[C@@H]32)CC1. The Balaban J connectivity index is 1.37. The number of hydrogen-bond donors (Lipinski definition) is 1. The third-order valence-electron chi connectivity index (χ3n) is 6.49. The number of β-amino-alcohol motifs (C(OH)–C–C–N with tert-alkyl or cyclic N) is 1. The lowest BCUT2D eigenvalue weighted by Crippen LogP contribution is -2.63. The molecule has 4 heterocycles. The van der Waals surface area contributed by atoms with Crippen LogP contribution in [0.5, 0.6) is 0 Å². The third-order valence-corrected chi connectivity index (χ3v) is 6.49. The minimum atomic E-state index is -0.507. The van der Waals surface area contributed by atoms with Gasteiger partial charge >= 0.3 is 0 Å². The lowest BCUT2D eigenvalue weighted by molar-refractivity contribution is -0.109. The molecule has 3 aliphatic heterocycles. The standard InChI is InChI=1S/C20H32N4O/c1-17-15-21-8-6-18(17)23-13-11-22(12-14-23)16-20(25)7-4-10-24-9-3-2-5-19(20)24/h6,8,15,19,25H,2-5,7,9-14,16H2,1H3/t19-,20-/m1/s1. The molecule has 138 valence electrons. The second-order valence-electron chi connectivity index (χ2n) is 8.18. The number of aromatic nitrogens is 1. The number of aryl methyl sites for hydroxylation is 1. The molecule has 3 saturated heterocycles. The van der Waals surface area contributed by atoms with Crippen molar-refractivity contribution in [2.24, 2.45) is 0 Å². The fourth-order valence-electron chi connectivity index (χ4n) is 5.16. The molecule has 1 aromatic rings. The summed E-state index contributed by atoms with van der Waals surface area (Å²) in [5.74, 6) is 0. The van der Waals surface area contributed by atoms with Crippen LogP contribution >= 0.6 is 0 Å². The van der Waals surface area contributed by atoms with Gasteiger partial charge in [0, 0.05) is 56.8 Å². The molecular formula is C20H32N4O. The second-order valence-corrected chi connectivity index (χ2v) is 8.18. The van der Waals surface area contributed by atoms with Crippen LogP contribution in [0.15, 0.2) is 18.5 Å². The van der Waals surface area contributed by atoms with Gasteiger partial charge in [-0.15, -0.1) is 0 Å². The molecule has 0 bridgehead atoms. The minimum absolute atomic E-state index is 0.385. The van der Waals surface area contributed by atoms with Crippen molar-refractivity contribution in [2.45, 2.75) is 50.7 Å². The Morgan fingerprint density at radius 2 is 1.92 bits per heavy atom. The molecule has 0 unspecified atom stereocenters. The van der Waals surface area contributed by atoms with Crippen molar-refractivity contribution in [1.82, 2.24) is 14.8 Å². The summed E-state index contributed by atoms with van der Waals surface area (Å²) >= 11 is 0. The van der Waals surface area contributed by atoms with Crippen LogP contribution in [-0.4, -0.2) is 77.3 Å². The Morgan fingerprint density at radius 1 is 1.12 bits per heavy atom. The monoisotopic (exact) mass is 344 g/mol. The van der Waals surface area contributed by atoms with E-state index in [1.165, 1.54) is 43.6 Å². The average molecular weight is 345 g/mol. The number of rotatable bonds is 3. The molecule has 0 spiro atoms. The van der Waals surface area contributed by atoms with E-state index in [0.717, 1.165) is 45.6 Å². The highest BCUT2D eigenvalue weighted by Crippen LogP contribution is 2.35. The van der Waals surface area contributed by atoms with Gasteiger partial charge in [-0.3, -0.25) is 14.8 Å². The third kappa shape index (κ3) is 3.55. The highest BCUT2D eigenvalue weighted by atomic mass is 16.3. The van der Waals surface area contributed by atoms with Crippen LogP contribution < -0.4 is 4.90 Å². The van der Waals surface area contributed by atoms with Crippen molar-refractivity contribution < 1.29 is 5.11 Å². The van der Waals surface area contributed by atoms with Gasteiger partial charge in [-0.2, -0.15) is 0 Å². The van der Waals surface area contributed by atoms with E-state index >= 15 is 0 Å². The Labute approximate surface area is 151 Å². The van der Waals surface area contributed by atoms with Gasteiger partial charge in [0.2, 0.25) is 0 Å². The molecule has 25 heavy (non-hydrogen) atoms. The van der Waals surface area contributed by atoms with Crippen molar-refractivity contribution in [1.29, 1.82) is 0 Å². The van der Waals surface area contributed by atoms with E-state index in [0.29, 0.717) is 6.04 Å². The normalized spacial score (nSPS) is 31.8. The predicted octanol–water partition coefficient (Wildman–Crippen LogP) is 1.89. The molecule has 5 nitrogen and oxygen atoms in total. The average Bonchev–Trinajstić information content (AvgIpc) is 2.63. The number of nitrogens with zero attached hydrogens (tertiary/aromatic N) is 4. The van der Waals surface area contributed by atoms with Gasteiger partial charge in [0.25, 0.3) is 0 Å². The van der Waals surface area contributed by atoms with Gasteiger partial charge in [0.1, 0.15) is 0 Å². The van der Waals surface area contributed by atoms with Crippen LogP contribution in [0.1, 0.15) is 37.7 Å². The number of aliphatic hydroxyl groups is 1. The van der Waals surface area contributed by atoms with Crippen molar-refractivity contribution >= 4 is 5.69 Å². The molecular weight excluding hydrogens is 312 g/mol. The number of hydrogen-bond acceptors (Lipinski definition) is 5. The smallest absolute Gasteiger partial charge is 0.0928 e. The highest BCUT2D eigenvalue weighted by Gasteiger charge is 2.45. The molecule has 4 rings (SSSR count). The molecule has 3 fully saturated rings. The molecule has 0 saturated carbocycles. The summed E-state index contributed by atoms with van der Waals surface area (Å²) in [7, 11) is 0. The molecule has 5 heteroatoms. The molecule has 2 atom stereocenters. The zero-order chi connectivity index (χ0) is 17.3. The Hall–Kier alpha value is -1.17. The first-order chi connectivity index (χ1) is 12.2. The maximum absolute atomic E-state index is 11.4. The zero-order valence-electron chi connectivity index (χ0n) is 15.5. The van der Waals surface area contributed by atoms with Gasteiger partial charge in [-0.05, 0) is 57.3 Å². The minimum Gasteiger partial charge on any atom is -0.387 e. The number of piperidine rings is 2. The van der Waals surface area contributed by atoms with Crippen molar-refractivity contribution in [2.75, 3.05) is 50.7 Å². The number of pyridine rings is 1. The summed E-state index contributed by atoms with van der Waals surface area (Å²) in [6, 6.07) is 2.51. The lowest BCUT2D eigenvalue weighted by atomic mass is 9.79. The van der Waals surface area contributed by atoms with E-state index in [-0.39, 0.29) is 0 Å². The van der Waals surface area contributed by atoms with Crippen LogP contribution in [0, 0.1) is 6.92 Å². The summed E-state index contributed by atoms with van der Waals surface area (Å²) in [5.41, 5.74) is 2.05. The topological polar surface area (TPSA) is 42.8 Å². The number of piperazine rings is 1. The molecule has 1 aromatic heterocycles. The van der Waals surface area contributed by atoms with Gasteiger partial charge in [0.15, 0.2) is 0 Å². The van der Waals surface area contributed by atoms with Crippen molar-refractivity contribution in [3.63, 3.8) is 0 Å². The molecule has 3 aliphatic rings. The largest absolute Gasteiger partial charge is 0.387 e. The maximum atomic E-state index is 11.4. The van der Waals surface area contributed by atoms with E-state index in [1.807, 2.05) is 12.4 Å². The van der Waals surface area contributed by atoms with Gasteiger partial charge in [-0.25, -0.2) is 0 Å². The fraction of sp³-hybridized carbons (Fsp3) is 0.750. The van der Waals surface area contributed by atoms with E-state index < -0.39 is 5.60 Å². The summed E-state index contributed by atoms with van der Waals surface area (Å²) in [6.45, 7) is 9.50. The van der Waals surface area contributed by atoms with Crippen molar-refractivity contribution in [3.05, 3.63) is 24.0 Å². The zero-order valence-corrected chi connectivity index (χ0v) is 15.5. The summed E-state index contributed by atoms with van der Waals surface area (Å²) in [6.07, 6.45) is 9.70. The van der Waals surface area contributed by atoms with E-state index in [4.69, 9.17) is 0 Å². The molecule has 1 N–H and O–H groups in total. The second kappa shape index (κ2) is 7.22. The maximum Gasteiger partial charge on any atom is 0.0928 e. The Kier molecular flexibility index (Phi) is 4.98. The molecule has 0 amide bonds. The Morgan fingerprint density at radius 3 is 2.72 bits per heavy atom. The Bertz CT molecular complexity index is 585. The van der Waals surface area contributed by atoms with E-state index in [2.05, 4.69) is 32.7 Å². The number of fused-ring (bicyclic) bond motifs is 1. The highest BCUT2D eigenvalue weighted by molar-refractivity contribution is 5.51. The first-order valence-corrected chi connectivity index (χ1v) is 10.0. The van der Waals surface area contributed by atoms with E-state index in [1.54, 1.807) is 0 Å². The summed E-state index contributed by atoms with van der Waals surface area (Å²) in [5, 5.41) is 11.4. The van der Waals surface area contributed by atoms with E-state index in [9.17, 15) is 5.11 Å². The first-order valence-electron chi connectivity index (χ1n) is 10.0. The fourth-order valence-corrected chi connectivity index (χ4v) is 5.16. The number of anilines is 1. The van der Waals surface area contributed by atoms with Crippen molar-refractivity contribution in [3.8, 4) is 0 Å². The molecule has 0 aromatic carbocycles. The van der Waals surface area contributed by atoms with Crippen LogP contribution in [0.3, 0.4) is 0 Å². The summed E-state index contributed by atoms with van der Waals surface area (Å²) in [4.78, 5) is 11.7. The molecule has 0 radical (unpaired) electrons. The van der Waals surface area contributed by atoms with Gasteiger partial charge in [-0.1, -0.05) is 6.42 Å². The van der Waals surface area contributed by atoms with Gasteiger partial charge in [0.05, 0.1) is 5.60 Å². The lowest BCUT2D eigenvalue weighted by Gasteiger charge is -2.51. The molecule has 0 aliphatic carbocycles. The van der Waals surface area contributed by atoms with Crippen LogP contribution in [0.25, 0.3) is 0 Å². The summed E-state index contributed by atoms with van der Waals surface area (Å²) < 4.78 is 0. The van der Waals surface area contributed by atoms with Crippen LogP contribution in [-0.2, 0) is 0 Å². The predicted molar refractivity (Wildman–Crippen MR) is 101 cm³/mol. The van der Waals surface area contributed by atoms with Crippen LogP contribution in [0.2, 0.25) is 0 Å². The van der Waals surface area contributed by atoms with Crippen LogP contribution in [0.4, 0.5) is 5.69 Å². The van der Waals surface area contributed by atoms with Gasteiger partial charge < -0.3 is 10.0 Å².